The summed E-state index contributed by atoms with van der Waals surface area (Å²) in [6.07, 6.45) is 3.19. The Morgan fingerprint density at radius 2 is 1.88 bits per heavy atom. The summed E-state index contributed by atoms with van der Waals surface area (Å²) in [5.74, 6) is 6.60. The van der Waals surface area contributed by atoms with Crippen molar-refractivity contribution in [1.29, 1.82) is 0 Å². The van der Waals surface area contributed by atoms with E-state index >= 15 is 0 Å². The van der Waals surface area contributed by atoms with Crippen molar-refractivity contribution in [2.24, 2.45) is 0 Å². The van der Waals surface area contributed by atoms with E-state index in [1.807, 2.05) is 34.9 Å². The van der Waals surface area contributed by atoms with Gasteiger partial charge in [0, 0.05) is 11.1 Å². The molecule has 6 heteroatoms. The molecule has 0 saturated heterocycles. The van der Waals surface area contributed by atoms with E-state index in [1.54, 1.807) is 17.1 Å². The molecule has 5 nitrogen and oxygen atoms in total. The molecule has 5 rings (SSSR count). The maximum Gasteiger partial charge on any atom is 0.160 e. The second kappa shape index (κ2) is 5.67. The number of hydrogen-bond acceptors (Lipinski definition) is 3. The first kappa shape index (κ1) is 14.6. The Balaban J connectivity index is 1.69. The van der Waals surface area contributed by atoms with Gasteiger partial charge in [0.1, 0.15) is 24.2 Å². The predicted molar refractivity (Wildman–Crippen MR) is 94.1 cm³/mol. The van der Waals surface area contributed by atoms with Crippen molar-refractivity contribution in [2.45, 2.75) is 6.54 Å². The lowest BCUT2D eigenvalue weighted by molar-refractivity contribution is 0.627. The zero-order valence-electron chi connectivity index (χ0n) is 13.6. The maximum absolute atomic E-state index is 13.8. The largest absolute Gasteiger partial charge is 0.299 e. The Labute approximate surface area is 148 Å². The third kappa shape index (κ3) is 2.30. The highest BCUT2D eigenvalue weighted by Gasteiger charge is 2.23. The van der Waals surface area contributed by atoms with Gasteiger partial charge in [-0.15, -0.1) is 0 Å². The average molecular weight is 341 g/mol. The summed E-state index contributed by atoms with van der Waals surface area (Å²) in [4.78, 5) is 8.77. The zero-order valence-corrected chi connectivity index (χ0v) is 13.6. The number of hydrogen-bond donors (Lipinski definition) is 0. The van der Waals surface area contributed by atoms with Gasteiger partial charge in [0.15, 0.2) is 5.82 Å². The van der Waals surface area contributed by atoms with Crippen LogP contribution in [0.4, 0.5) is 4.39 Å². The van der Waals surface area contributed by atoms with Crippen LogP contribution in [-0.2, 0) is 6.54 Å². The van der Waals surface area contributed by atoms with Crippen LogP contribution in [-0.4, -0.2) is 24.3 Å². The number of imidazole rings is 1. The maximum atomic E-state index is 13.8. The lowest BCUT2D eigenvalue weighted by atomic mass is 10.1. The molecule has 1 aliphatic heterocycles. The van der Waals surface area contributed by atoms with Gasteiger partial charge in [-0.3, -0.25) is 4.57 Å². The van der Waals surface area contributed by atoms with E-state index in [0.29, 0.717) is 23.6 Å². The minimum atomic E-state index is -0.314. The van der Waals surface area contributed by atoms with Gasteiger partial charge in [-0.1, -0.05) is 24.1 Å². The molecule has 4 aromatic rings. The molecule has 0 unspecified atom stereocenters. The first-order valence-electron chi connectivity index (χ1n) is 8.11. The van der Waals surface area contributed by atoms with Crippen LogP contribution in [0.5, 0.6) is 0 Å². The lowest BCUT2D eigenvalue weighted by Gasteiger charge is -2.07. The third-order valence-corrected chi connectivity index (χ3v) is 4.34. The molecule has 0 radical (unpaired) electrons. The molecule has 0 fully saturated rings. The fourth-order valence-electron chi connectivity index (χ4n) is 3.12. The van der Waals surface area contributed by atoms with Gasteiger partial charge < -0.3 is 0 Å². The SMILES string of the molecule is Fc1ccc2c(c1)-c1ncnn1Cc1c(C#Cc3ccccc3)ncn1-2. The summed E-state index contributed by atoms with van der Waals surface area (Å²) in [5.41, 5.74) is 3.99. The highest BCUT2D eigenvalue weighted by Crippen LogP contribution is 2.31. The molecule has 0 saturated carbocycles. The molecule has 0 N–H and O–H groups in total. The molecule has 3 heterocycles. The van der Waals surface area contributed by atoms with Gasteiger partial charge in [-0.05, 0) is 36.3 Å². The van der Waals surface area contributed by atoms with Crippen LogP contribution in [0, 0.1) is 17.7 Å². The Kier molecular flexibility index (Phi) is 3.19. The van der Waals surface area contributed by atoms with Crippen molar-refractivity contribution in [3.8, 4) is 28.9 Å². The molecule has 0 bridgehead atoms. The smallest absolute Gasteiger partial charge is 0.160 e. The number of aromatic nitrogens is 5. The van der Waals surface area contributed by atoms with Crippen molar-refractivity contribution < 1.29 is 4.39 Å². The molecule has 124 valence electrons. The Hall–Kier alpha value is -3.72. The Bertz CT molecular complexity index is 1180. The highest BCUT2D eigenvalue weighted by atomic mass is 19.1. The molecule has 0 aliphatic carbocycles. The van der Waals surface area contributed by atoms with E-state index in [0.717, 1.165) is 16.9 Å². The zero-order chi connectivity index (χ0) is 17.5. The Morgan fingerprint density at radius 1 is 1.00 bits per heavy atom. The van der Waals surface area contributed by atoms with Crippen molar-refractivity contribution in [3.05, 3.63) is 84.0 Å². The van der Waals surface area contributed by atoms with E-state index in [4.69, 9.17) is 0 Å². The minimum Gasteiger partial charge on any atom is -0.299 e. The molecular weight excluding hydrogens is 329 g/mol. The van der Waals surface area contributed by atoms with Crippen molar-refractivity contribution in [3.63, 3.8) is 0 Å². The van der Waals surface area contributed by atoms with Gasteiger partial charge in [-0.2, -0.15) is 5.10 Å². The topological polar surface area (TPSA) is 48.5 Å². The van der Waals surface area contributed by atoms with Gasteiger partial charge in [0.05, 0.1) is 17.9 Å². The van der Waals surface area contributed by atoms with Crippen LogP contribution < -0.4 is 0 Å². The van der Waals surface area contributed by atoms with Crippen molar-refractivity contribution >= 4 is 0 Å². The van der Waals surface area contributed by atoms with Crippen LogP contribution >= 0.6 is 0 Å². The molecule has 2 aromatic heterocycles. The number of benzene rings is 2. The van der Waals surface area contributed by atoms with E-state index in [9.17, 15) is 4.39 Å². The fourth-order valence-corrected chi connectivity index (χ4v) is 3.12. The molecule has 1 aliphatic rings. The number of nitrogens with zero attached hydrogens (tertiary/aromatic N) is 5. The summed E-state index contributed by atoms with van der Waals surface area (Å²) in [6, 6.07) is 14.4. The summed E-state index contributed by atoms with van der Waals surface area (Å²) in [6.45, 7) is 0.463. The van der Waals surface area contributed by atoms with E-state index in [-0.39, 0.29) is 5.82 Å². The molecule has 26 heavy (non-hydrogen) atoms. The number of rotatable bonds is 0. The first-order valence-corrected chi connectivity index (χ1v) is 8.11. The minimum absolute atomic E-state index is 0.314. The normalized spacial score (nSPS) is 11.6. The third-order valence-electron chi connectivity index (χ3n) is 4.34. The summed E-state index contributed by atoms with van der Waals surface area (Å²) < 4.78 is 17.5. The predicted octanol–water partition coefficient (Wildman–Crippen LogP) is 3.03. The van der Waals surface area contributed by atoms with Gasteiger partial charge in [0.2, 0.25) is 0 Å². The summed E-state index contributed by atoms with van der Waals surface area (Å²) in [5, 5.41) is 4.28. The van der Waals surface area contributed by atoms with Crippen LogP contribution in [0.1, 0.15) is 17.0 Å². The van der Waals surface area contributed by atoms with Crippen LogP contribution in [0.3, 0.4) is 0 Å². The van der Waals surface area contributed by atoms with Gasteiger partial charge in [0.25, 0.3) is 0 Å². The highest BCUT2D eigenvalue weighted by molar-refractivity contribution is 5.69. The van der Waals surface area contributed by atoms with Crippen LogP contribution in [0.15, 0.2) is 61.2 Å². The molecular formula is C20H12FN5. The summed E-state index contributed by atoms with van der Waals surface area (Å²) >= 11 is 0. The quantitative estimate of drug-likeness (QED) is 0.407. The Morgan fingerprint density at radius 3 is 2.77 bits per heavy atom. The molecule has 2 aromatic carbocycles. The van der Waals surface area contributed by atoms with Crippen molar-refractivity contribution in [1.82, 2.24) is 24.3 Å². The van der Waals surface area contributed by atoms with Gasteiger partial charge >= 0.3 is 0 Å². The molecule has 0 amide bonds. The van der Waals surface area contributed by atoms with Crippen LogP contribution in [0.25, 0.3) is 17.1 Å². The number of halogens is 1. The monoisotopic (exact) mass is 341 g/mol. The summed E-state index contributed by atoms with van der Waals surface area (Å²) in [7, 11) is 0. The van der Waals surface area contributed by atoms with Gasteiger partial charge in [-0.25, -0.2) is 19.0 Å². The lowest BCUT2D eigenvalue weighted by Crippen LogP contribution is -2.05. The molecule has 0 atom stereocenters. The second-order valence-corrected chi connectivity index (χ2v) is 5.93. The van der Waals surface area contributed by atoms with Crippen LogP contribution in [0.2, 0.25) is 0 Å². The molecule has 0 spiro atoms. The standard InChI is InChI=1S/C20H12FN5/c21-15-7-9-18-16(10-15)20-22-12-24-26(20)11-19-17(23-13-25(18)19)8-6-14-4-2-1-3-5-14/h1-5,7,9-10,12-13H,11H2. The van der Waals surface area contributed by atoms with E-state index in [1.165, 1.54) is 18.5 Å². The van der Waals surface area contributed by atoms with E-state index < -0.39 is 0 Å². The average Bonchev–Trinajstić information content (AvgIpc) is 3.26. The van der Waals surface area contributed by atoms with Crippen molar-refractivity contribution in [2.75, 3.05) is 0 Å². The first-order chi connectivity index (χ1) is 12.8. The number of fused-ring (bicyclic) bond motifs is 5. The fraction of sp³-hybridized carbons (Fsp3) is 0.0500. The van der Waals surface area contributed by atoms with E-state index in [2.05, 4.69) is 26.9 Å². The second-order valence-electron chi connectivity index (χ2n) is 5.93.